The van der Waals surface area contributed by atoms with Crippen LogP contribution in [0.2, 0.25) is 0 Å². The Labute approximate surface area is 149 Å². The summed E-state index contributed by atoms with van der Waals surface area (Å²) in [4.78, 5) is 13.1. The zero-order chi connectivity index (χ0) is 17.3. The van der Waals surface area contributed by atoms with Crippen LogP contribution < -0.4 is 5.32 Å². The first-order valence-corrected chi connectivity index (χ1v) is 10.0. The Morgan fingerprint density at radius 3 is 2.67 bits per heavy atom. The second kappa shape index (κ2) is 6.96. The first-order valence-electron chi connectivity index (χ1n) is 8.28. The summed E-state index contributed by atoms with van der Waals surface area (Å²) >= 11 is 6.63. The number of hydrogen-bond acceptors (Lipinski definition) is 2. The molecule has 0 aromatic heterocycles. The summed E-state index contributed by atoms with van der Waals surface area (Å²) in [5, 5.41) is 2.33. The Morgan fingerprint density at radius 2 is 2.08 bits per heavy atom. The maximum Gasteiger partial charge on any atom is 0.245 e. The Bertz CT molecular complexity index is 678. The number of carbonyl (C=O) groups excluding carboxylic acids is 1. The van der Waals surface area contributed by atoms with E-state index in [0.29, 0.717) is 11.4 Å². The van der Waals surface area contributed by atoms with Gasteiger partial charge in [0.25, 0.3) is 0 Å². The lowest BCUT2D eigenvalue weighted by molar-refractivity contribution is -0.119. The van der Waals surface area contributed by atoms with Gasteiger partial charge in [-0.1, -0.05) is 25.5 Å². The maximum absolute atomic E-state index is 13.1. The average Bonchev–Trinajstić information content (AvgIpc) is 3.15. The molecule has 1 aromatic rings. The van der Waals surface area contributed by atoms with E-state index in [1.54, 1.807) is 0 Å². The summed E-state index contributed by atoms with van der Waals surface area (Å²) in [6.07, 6.45) is 6.49. The Kier molecular flexibility index (Phi) is 5.11. The topological polar surface area (TPSA) is 46.2 Å². The predicted octanol–water partition coefficient (Wildman–Crippen LogP) is 3.87. The van der Waals surface area contributed by atoms with Crippen LogP contribution in [-0.4, -0.2) is 26.0 Å². The van der Waals surface area contributed by atoms with Gasteiger partial charge in [-0.25, -0.2) is 4.39 Å². The van der Waals surface area contributed by atoms with Gasteiger partial charge in [-0.15, -0.1) is 11.6 Å². The Hall–Kier alpha value is -1.20. The van der Waals surface area contributed by atoms with Crippen molar-refractivity contribution >= 4 is 34.0 Å². The Morgan fingerprint density at radius 1 is 1.38 bits per heavy atom. The smallest absolute Gasteiger partial charge is 0.245 e. The molecule has 1 N–H and O–H groups in total. The summed E-state index contributed by atoms with van der Waals surface area (Å²) in [5.41, 5.74) is 0.490. The van der Waals surface area contributed by atoms with E-state index in [4.69, 9.17) is 11.6 Å². The number of unbranched alkanes of at least 4 members (excludes halogenated alkanes) is 1. The number of carbonyl (C=O) groups is 1. The molecule has 0 radical (unpaired) electrons. The van der Waals surface area contributed by atoms with Gasteiger partial charge in [0.05, 0.1) is 5.38 Å². The molecule has 0 saturated heterocycles. The van der Waals surface area contributed by atoms with E-state index in [1.807, 2.05) is 19.1 Å². The molecule has 1 saturated carbocycles. The highest BCUT2D eigenvalue weighted by Crippen LogP contribution is 2.53. The molecule has 1 aromatic carbocycles. The third-order valence-corrected chi connectivity index (χ3v) is 7.92. The van der Waals surface area contributed by atoms with Crippen molar-refractivity contribution in [3.05, 3.63) is 42.2 Å². The molecule has 24 heavy (non-hydrogen) atoms. The number of benzene rings is 1. The molecule has 1 fully saturated rings. The molecule has 130 valence electrons. The number of fused-ring (bicyclic) bond motifs is 2. The molecule has 0 heterocycles. The van der Waals surface area contributed by atoms with Gasteiger partial charge in [-0.3, -0.25) is 9.00 Å². The number of amides is 1. The fraction of sp³-hybridized carbons (Fsp3) is 0.500. The van der Waals surface area contributed by atoms with Crippen molar-refractivity contribution in [3.8, 4) is 0 Å². The SMILES string of the molecule is CCCCS(=O)[C@@]1(C(=O)Nc2ccc(F)cc2)[C@@H]2C=C[C@@H](C2)[C@H]1Cl. The number of halogens is 2. The fourth-order valence-electron chi connectivity index (χ4n) is 3.68. The number of allylic oxidation sites excluding steroid dienone is 2. The van der Waals surface area contributed by atoms with Crippen LogP contribution in [-0.2, 0) is 15.6 Å². The average molecular weight is 370 g/mol. The molecule has 2 aliphatic rings. The van der Waals surface area contributed by atoms with Crippen LogP contribution in [0.15, 0.2) is 36.4 Å². The lowest BCUT2D eigenvalue weighted by Gasteiger charge is -2.36. The fourth-order valence-corrected chi connectivity index (χ4v) is 6.51. The molecule has 2 bridgehead atoms. The van der Waals surface area contributed by atoms with Gasteiger partial charge in [0.1, 0.15) is 10.6 Å². The van der Waals surface area contributed by atoms with Crippen molar-refractivity contribution in [2.45, 2.75) is 36.3 Å². The normalized spacial score (nSPS) is 32.0. The third-order valence-electron chi connectivity index (χ3n) is 4.97. The van der Waals surface area contributed by atoms with E-state index in [9.17, 15) is 13.4 Å². The van der Waals surface area contributed by atoms with Crippen LogP contribution in [0, 0.1) is 17.7 Å². The second-order valence-corrected chi connectivity index (χ2v) is 8.70. The first-order chi connectivity index (χ1) is 11.5. The van der Waals surface area contributed by atoms with Crippen LogP contribution in [0.1, 0.15) is 26.2 Å². The molecule has 3 rings (SSSR count). The van der Waals surface area contributed by atoms with E-state index in [-0.39, 0.29) is 23.6 Å². The predicted molar refractivity (Wildman–Crippen MR) is 96.1 cm³/mol. The largest absolute Gasteiger partial charge is 0.325 e. The van der Waals surface area contributed by atoms with Gasteiger partial charge in [0.15, 0.2) is 0 Å². The van der Waals surface area contributed by atoms with Crippen molar-refractivity contribution in [2.75, 3.05) is 11.1 Å². The summed E-state index contributed by atoms with van der Waals surface area (Å²) in [5.74, 6) is -0.245. The number of alkyl halides is 1. The van der Waals surface area contributed by atoms with E-state index in [2.05, 4.69) is 5.32 Å². The third kappa shape index (κ3) is 2.82. The molecule has 2 aliphatic carbocycles. The molecule has 0 spiro atoms. The van der Waals surface area contributed by atoms with Crippen LogP contribution in [0.5, 0.6) is 0 Å². The number of anilines is 1. The summed E-state index contributed by atoms with van der Waals surface area (Å²) in [6.45, 7) is 2.03. The molecule has 5 atom stereocenters. The van der Waals surface area contributed by atoms with Crippen LogP contribution >= 0.6 is 11.6 Å². The monoisotopic (exact) mass is 369 g/mol. The minimum absolute atomic E-state index is 0.0845. The van der Waals surface area contributed by atoms with Gasteiger partial charge < -0.3 is 5.32 Å². The zero-order valence-corrected chi connectivity index (χ0v) is 15.1. The van der Waals surface area contributed by atoms with Gasteiger partial charge in [-0.2, -0.15) is 0 Å². The zero-order valence-electron chi connectivity index (χ0n) is 13.5. The number of nitrogens with one attached hydrogen (secondary N) is 1. The van der Waals surface area contributed by atoms with E-state index < -0.39 is 20.9 Å². The molecule has 1 amide bonds. The van der Waals surface area contributed by atoms with Crippen molar-refractivity contribution in [1.29, 1.82) is 0 Å². The second-order valence-electron chi connectivity index (χ2n) is 6.45. The molecular weight excluding hydrogens is 349 g/mol. The van der Waals surface area contributed by atoms with Crippen molar-refractivity contribution in [3.63, 3.8) is 0 Å². The Balaban J connectivity index is 1.90. The van der Waals surface area contributed by atoms with Crippen LogP contribution in [0.4, 0.5) is 10.1 Å². The van der Waals surface area contributed by atoms with E-state index in [1.165, 1.54) is 24.3 Å². The molecular formula is C18H21ClFNO2S. The van der Waals surface area contributed by atoms with Crippen molar-refractivity contribution in [2.24, 2.45) is 11.8 Å². The summed E-state index contributed by atoms with van der Waals surface area (Å²) < 4.78 is 25.0. The first kappa shape index (κ1) is 17.6. The summed E-state index contributed by atoms with van der Waals surface area (Å²) in [7, 11) is -1.36. The van der Waals surface area contributed by atoms with Gasteiger partial charge in [0.2, 0.25) is 5.91 Å². The lowest BCUT2D eigenvalue weighted by atomic mass is 9.91. The number of hydrogen-bond donors (Lipinski definition) is 1. The highest BCUT2D eigenvalue weighted by atomic mass is 35.5. The molecule has 1 unspecified atom stereocenters. The van der Waals surface area contributed by atoms with E-state index in [0.717, 1.165) is 19.3 Å². The van der Waals surface area contributed by atoms with Crippen molar-refractivity contribution in [1.82, 2.24) is 0 Å². The molecule has 3 nitrogen and oxygen atoms in total. The van der Waals surface area contributed by atoms with Crippen LogP contribution in [0.25, 0.3) is 0 Å². The summed E-state index contributed by atoms with van der Waals surface area (Å²) in [6, 6.07) is 5.58. The van der Waals surface area contributed by atoms with Crippen molar-refractivity contribution < 1.29 is 13.4 Å². The van der Waals surface area contributed by atoms with E-state index >= 15 is 0 Å². The minimum Gasteiger partial charge on any atom is -0.325 e. The standard InChI is InChI=1S/C18H21ClFNO2S/c1-2-3-10-24(23)18(13-5-4-12(11-13)16(18)19)17(22)21-15-8-6-14(20)7-9-15/h4-9,12-13,16H,2-3,10-11H2,1H3,(H,21,22)/t12-,13+,16+,18-,24?/m0/s1. The number of rotatable bonds is 6. The highest BCUT2D eigenvalue weighted by molar-refractivity contribution is 7.87. The van der Waals surface area contributed by atoms with Gasteiger partial charge in [-0.05, 0) is 43.0 Å². The van der Waals surface area contributed by atoms with Gasteiger partial charge >= 0.3 is 0 Å². The molecule has 6 heteroatoms. The highest BCUT2D eigenvalue weighted by Gasteiger charge is 2.63. The molecule has 0 aliphatic heterocycles. The minimum atomic E-state index is -1.36. The van der Waals surface area contributed by atoms with Gasteiger partial charge in [0, 0.05) is 28.2 Å². The van der Waals surface area contributed by atoms with Crippen LogP contribution in [0.3, 0.4) is 0 Å². The lowest BCUT2D eigenvalue weighted by Crippen LogP contribution is -2.56. The quantitative estimate of drug-likeness (QED) is 0.611. The maximum atomic E-state index is 13.1.